The average molecular weight is 256 g/mol. The highest BCUT2D eigenvalue weighted by atomic mass is 19.1. The summed E-state index contributed by atoms with van der Waals surface area (Å²) in [5, 5.41) is 23.5. The van der Waals surface area contributed by atoms with Crippen LogP contribution in [0.15, 0.2) is 18.2 Å². The van der Waals surface area contributed by atoms with Gasteiger partial charge in [0.2, 0.25) is 5.82 Å². The van der Waals surface area contributed by atoms with Crippen LogP contribution in [0, 0.1) is 15.9 Å². The van der Waals surface area contributed by atoms with Crippen LogP contribution in [0.5, 0.6) is 0 Å². The first-order chi connectivity index (χ1) is 8.20. The molecule has 6 heteroatoms. The van der Waals surface area contributed by atoms with Crippen LogP contribution < -0.4 is 5.32 Å². The standard InChI is InChI=1S/C12H17FN2O3/c1-12(2,3)14-7-11(16)8-4-5-9(13)10(6-8)15(17)18/h4-6,11,14,16H,7H2,1-3H3. The molecule has 0 aliphatic carbocycles. The first-order valence-electron chi connectivity index (χ1n) is 5.57. The van der Waals surface area contributed by atoms with Crippen LogP contribution in [0.2, 0.25) is 0 Å². The SMILES string of the molecule is CC(C)(C)NCC(O)c1ccc(F)c([N+](=O)[O-])c1. The topological polar surface area (TPSA) is 75.4 Å². The van der Waals surface area contributed by atoms with E-state index in [0.717, 1.165) is 12.1 Å². The zero-order valence-corrected chi connectivity index (χ0v) is 10.6. The van der Waals surface area contributed by atoms with E-state index in [1.807, 2.05) is 20.8 Å². The monoisotopic (exact) mass is 256 g/mol. The van der Waals surface area contributed by atoms with E-state index in [1.165, 1.54) is 6.07 Å². The summed E-state index contributed by atoms with van der Waals surface area (Å²) in [7, 11) is 0. The van der Waals surface area contributed by atoms with Gasteiger partial charge in [-0.05, 0) is 32.4 Å². The smallest absolute Gasteiger partial charge is 0.305 e. The van der Waals surface area contributed by atoms with Crippen LogP contribution in [0.3, 0.4) is 0 Å². The second-order valence-corrected chi connectivity index (χ2v) is 5.11. The highest BCUT2D eigenvalue weighted by Crippen LogP contribution is 2.22. The molecule has 0 spiro atoms. The molecule has 2 N–H and O–H groups in total. The van der Waals surface area contributed by atoms with Gasteiger partial charge in [-0.15, -0.1) is 0 Å². The van der Waals surface area contributed by atoms with Crippen molar-refractivity contribution in [1.82, 2.24) is 5.32 Å². The number of rotatable bonds is 4. The highest BCUT2D eigenvalue weighted by Gasteiger charge is 2.19. The van der Waals surface area contributed by atoms with Crippen molar-refractivity contribution in [2.24, 2.45) is 0 Å². The summed E-state index contributed by atoms with van der Waals surface area (Å²) in [6.45, 7) is 6.05. The molecule has 0 aromatic heterocycles. The Labute approximate surface area is 105 Å². The molecule has 0 fully saturated rings. The van der Waals surface area contributed by atoms with Gasteiger partial charge in [-0.1, -0.05) is 6.07 Å². The third-order valence-corrected chi connectivity index (χ3v) is 2.38. The molecule has 1 atom stereocenters. The fourth-order valence-corrected chi connectivity index (χ4v) is 1.40. The van der Waals surface area contributed by atoms with Crippen molar-refractivity contribution in [2.75, 3.05) is 6.54 Å². The summed E-state index contributed by atoms with van der Waals surface area (Å²) >= 11 is 0. The normalized spacial score (nSPS) is 13.4. The maximum Gasteiger partial charge on any atom is 0.305 e. The fraction of sp³-hybridized carbons (Fsp3) is 0.500. The molecule has 0 heterocycles. The summed E-state index contributed by atoms with van der Waals surface area (Å²) in [6.07, 6.45) is -0.913. The molecule has 0 saturated carbocycles. The van der Waals surface area contributed by atoms with E-state index in [4.69, 9.17) is 0 Å². The molecule has 0 radical (unpaired) electrons. The molecule has 1 unspecified atom stereocenters. The van der Waals surface area contributed by atoms with Crippen molar-refractivity contribution in [3.05, 3.63) is 39.7 Å². The summed E-state index contributed by atoms with van der Waals surface area (Å²) in [4.78, 5) is 9.78. The number of hydrogen-bond donors (Lipinski definition) is 2. The van der Waals surface area contributed by atoms with Crippen LogP contribution in [0.4, 0.5) is 10.1 Å². The number of nitro benzene ring substituents is 1. The van der Waals surface area contributed by atoms with Gasteiger partial charge in [-0.3, -0.25) is 10.1 Å². The van der Waals surface area contributed by atoms with Crippen molar-refractivity contribution in [1.29, 1.82) is 0 Å². The molecule has 5 nitrogen and oxygen atoms in total. The molecular weight excluding hydrogens is 239 g/mol. The summed E-state index contributed by atoms with van der Waals surface area (Å²) in [6, 6.07) is 3.40. The molecule has 0 aliphatic rings. The van der Waals surface area contributed by atoms with Gasteiger partial charge in [-0.25, -0.2) is 0 Å². The Morgan fingerprint density at radius 3 is 2.61 bits per heavy atom. The second kappa shape index (κ2) is 5.41. The quantitative estimate of drug-likeness (QED) is 0.639. The summed E-state index contributed by atoms with van der Waals surface area (Å²) in [5.41, 5.74) is -0.477. The minimum Gasteiger partial charge on any atom is -0.387 e. The van der Waals surface area contributed by atoms with Crippen LogP contribution in [-0.4, -0.2) is 22.1 Å². The molecule has 0 bridgehead atoms. The Kier molecular flexibility index (Phi) is 4.37. The molecule has 1 aromatic rings. The fourth-order valence-electron chi connectivity index (χ4n) is 1.40. The summed E-state index contributed by atoms with van der Waals surface area (Å²) in [5.74, 6) is -0.903. The van der Waals surface area contributed by atoms with Crippen molar-refractivity contribution < 1.29 is 14.4 Å². The Morgan fingerprint density at radius 2 is 2.11 bits per heavy atom. The number of nitrogens with one attached hydrogen (secondary N) is 1. The van der Waals surface area contributed by atoms with Crippen LogP contribution in [0.1, 0.15) is 32.4 Å². The molecule has 0 amide bonds. The van der Waals surface area contributed by atoms with Crippen LogP contribution >= 0.6 is 0 Å². The van der Waals surface area contributed by atoms with Crippen molar-refractivity contribution in [3.8, 4) is 0 Å². The molecule has 18 heavy (non-hydrogen) atoms. The Bertz CT molecular complexity index is 443. The van der Waals surface area contributed by atoms with Gasteiger partial charge in [0, 0.05) is 18.2 Å². The number of hydrogen-bond acceptors (Lipinski definition) is 4. The van der Waals surface area contributed by atoms with Crippen molar-refractivity contribution in [3.63, 3.8) is 0 Å². The van der Waals surface area contributed by atoms with Gasteiger partial charge in [0.15, 0.2) is 0 Å². The number of nitro groups is 1. The zero-order chi connectivity index (χ0) is 13.9. The zero-order valence-electron chi connectivity index (χ0n) is 10.6. The van der Waals surface area contributed by atoms with E-state index in [0.29, 0.717) is 5.56 Å². The highest BCUT2D eigenvalue weighted by molar-refractivity contribution is 5.37. The third kappa shape index (κ3) is 4.05. The molecule has 100 valence electrons. The van der Waals surface area contributed by atoms with Gasteiger partial charge in [0.05, 0.1) is 11.0 Å². The number of nitrogens with zero attached hydrogens (tertiary/aromatic N) is 1. The minimum atomic E-state index is -0.913. The minimum absolute atomic E-state index is 0.174. The summed E-state index contributed by atoms with van der Waals surface area (Å²) < 4.78 is 13.1. The Hall–Kier alpha value is -1.53. The number of halogens is 1. The number of aliphatic hydroxyl groups excluding tert-OH is 1. The predicted octanol–water partition coefficient (Wildman–Crippen LogP) is 2.16. The lowest BCUT2D eigenvalue weighted by atomic mass is 10.1. The lowest BCUT2D eigenvalue weighted by Gasteiger charge is -2.23. The van der Waals surface area contributed by atoms with E-state index >= 15 is 0 Å². The first kappa shape index (κ1) is 14.5. The number of aliphatic hydroxyl groups is 1. The molecule has 1 rings (SSSR count). The van der Waals surface area contributed by atoms with E-state index in [9.17, 15) is 19.6 Å². The molecule has 1 aromatic carbocycles. The number of benzene rings is 1. The number of β-amino-alcohol motifs (C(OH)–C–C–N with tert-alkyl or cyclic N) is 1. The van der Waals surface area contributed by atoms with Gasteiger partial charge in [0.25, 0.3) is 0 Å². The van der Waals surface area contributed by atoms with Crippen LogP contribution in [-0.2, 0) is 0 Å². The van der Waals surface area contributed by atoms with Gasteiger partial charge >= 0.3 is 5.69 Å². The van der Waals surface area contributed by atoms with Crippen LogP contribution in [0.25, 0.3) is 0 Å². The van der Waals surface area contributed by atoms with E-state index in [1.54, 1.807) is 0 Å². The average Bonchev–Trinajstić information content (AvgIpc) is 2.25. The van der Waals surface area contributed by atoms with Gasteiger partial charge in [-0.2, -0.15) is 4.39 Å². The first-order valence-corrected chi connectivity index (χ1v) is 5.57. The van der Waals surface area contributed by atoms with E-state index in [-0.39, 0.29) is 12.1 Å². The predicted molar refractivity (Wildman–Crippen MR) is 65.8 cm³/mol. The van der Waals surface area contributed by atoms with E-state index in [2.05, 4.69) is 5.32 Å². The lowest BCUT2D eigenvalue weighted by Crippen LogP contribution is -2.38. The second-order valence-electron chi connectivity index (χ2n) is 5.11. The Morgan fingerprint density at radius 1 is 1.50 bits per heavy atom. The molecular formula is C12H17FN2O3. The maximum atomic E-state index is 13.1. The maximum absolute atomic E-state index is 13.1. The Balaban J connectivity index is 2.83. The van der Waals surface area contributed by atoms with Gasteiger partial charge in [0.1, 0.15) is 0 Å². The van der Waals surface area contributed by atoms with E-state index < -0.39 is 22.5 Å². The largest absolute Gasteiger partial charge is 0.387 e. The lowest BCUT2D eigenvalue weighted by molar-refractivity contribution is -0.387. The van der Waals surface area contributed by atoms with Crippen molar-refractivity contribution in [2.45, 2.75) is 32.4 Å². The molecule has 0 aliphatic heterocycles. The molecule has 0 saturated heterocycles. The third-order valence-electron chi connectivity index (χ3n) is 2.38. The van der Waals surface area contributed by atoms with Crippen molar-refractivity contribution >= 4 is 5.69 Å². The van der Waals surface area contributed by atoms with Gasteiger partial charge < -0.3 is 10.4 Å².